The molecule has 1 aliphatic rings. The Hall–Kier alpha value is -3.87. The van der Waals surface area contributed by atoms with Crippen LogP contribution in [0.15, 0.2) is 66.9 Å². The molecule has 7 nitrogen and oxygen atoms in total. The van der Waals surface area contributed by atoms with Gasteiger partial charge in [-0.15, -0.1) is 0 Å². The second-order valence-electron chi connectivity index (χ2n) is 8.55. The molecule has 0 spiro atoms. The molecule has 33 heavy (non-hydrogen) atoms. The van der Waals surface area contributed by atoms with E-state index in [-0.39, 0.29) is 18.4 Å². The zero-order chi connectivity index (χ0) is 22.6. The largest absolute Gasteiger partial charge is 0.481 e. The first-order chi connectivity index (χ1) is 16.1. The van der Waals surface area contributed by atoms with Gasteiger partial charge in [0.15, 0.2) is 0 Å². The van der Waals surface area contributed by atoms with Gasteiger partial charge in [-0.2, -0.15) is 0 Å². The lowest BCUT2D eigenvalue weighted by Gasteiger charge is -2.27. The third-order valence-corrected chi connectivity index (χ3v) is 6.15. The SMILES string of the molecule is O=C(O)CC1CCC(Oc2ccc(-c3ccc(Nc4nc5ccccc5[nH]4)cc3)cn2)CC1. The summed E-state index contributed by atoms with van der Waals surface area (Å²) in [5, 5.41) is 12.3. The number of benzene rings is 2. The second-order valence-corrected chi connectivity index (χ2v) is 8.55. The van der Waals surface area contributed by atoms with Gasteiger partial charge in [-0.05, 0) is 67.5 Å². The van der Waals surface area contributed by atoms with E-state index in [1.807, 2.05) is 66.9 Å². The van der Waals surface area contributed by atoms with E-state index in [1.54, 1.807) is 0 Å². The summed E-state index contributed by atoms with van der Waals surface area (Å²) in [5.74, 6) is 0.879. The number of nitrogens with zero attached hydrogens (tertiary/aromatic N) is 2. The quantitative estimate of drug-likeness (QED) is 0.335. The predicted molar refractivity (Wildman–Crippen MR) is 128 cm³/mol. The number of para-hydroxylation sites is 2. The topological polar surface area (TPSA) is 100 Å². The predicted octanol–water partition coefficient (Wildman–Crippen LogP) is 5.78. The summed E-state index contributed by atoms with van der Waals surface area (Å²) >= 11 is 0. The Kier molecular flexibility index (Phi) is 5.93. The summed E-state index contributed by atoms with van der Waals surface area (Å²) < 4.78 is 6.03. The molecule has 0 saturated heterocycles. The van der Waals surface area contributed by atoms with Gasteiger partial charge in [0.25, 0.3) is 0 Å². The Morgan fingerprint density at radius 3 is 2.45 bits per heavy atom. The first kappa shape index (κ1) is 21.0. The number of fused-ring (bicyclic) bond motifs is 1. The van der Waals surface area contributed by atoms with Crippen molar-refractivity contribution in [3.05, 3.63) is 66.9 Å². The Labute approximate surface area is 191 Å². The zero-order valence-corrected chi connectivity index (χ0v) is 18.2. The van der Waals surface area contributed by atoms with Crippen molar-refractivity contribution in [3.63, 3.8) is 0 Å². The Balaban J connectivity index is 1.17. The van der Waals surface area contributed by atoms with Crippen molar-refractivity contribution < 1.29 is 14.6 Å². The molecule has 2 aromatic heterocycles. The van der Waals surface area contributed by atoms with E-state index in [4.69, 9.17) is 9.84 Å². The average Bonchev–Trinajstić information content (AvgIpc) is 3.23. The fourth-order valence-corrected chi connectivity index (χ4v) is 4.39. The zero-order valence-electron chi connectivity index (χ0n) is 18.2. The van der Waals surface area contributed by atoms with Gasteiger partial charge in [0.2, 0.25) is 11.8 Å². The number of H-pyrrole nitrogens is 1. The molecule has 1 saturated carbocycles. The molecule has 0 aliphatic heterocycles. The number of aromatic amines is 1. The number of carboxylic acid groups (broad SMARTS) is 1. The maximum Gasteiger partial charge on any atom is 0.303 e. The van der Waals surface area contributed by atoms with E-state index >= 15 is 0 Å². The van der Waals surface area contributed by atoms with Gasteiger partial charge >= 0.3 is 5.97 Å². The van der Waals surface area contributed by atoms with Gasteiger partial charge in [0.05, 0.1) is 11.0 Å². The molecular formula is C26H26N4O3. The van der Waals surface area contributed by atoms with Gasteiger partial charge in [-0.3, -0.25) is 4.79 Å². The summed E-state index contributed by atoms with van der Waals surface area (Å²) in [5.41, 5.74) is 4.96. The molecule has 1 aliphatic carbocycles. The number of pyridine rings is 1. The molecule has 0 unspecified atom stereocenters. The summed E-state index contributed by atoms with van der Waals surface area (Å²) in [6.45, 7) is 0. The third kappa shape index (κ3) is 5.14. The number of carboxylic acids is 1. The van der Waals surface area contributed by atoms with Crippen LogP contribution in [-0.2, 0) is 4.79 Å². The lowest BCUT2D eigenvalue weighted by Crippen LogP contribution is -2.25. The number of rotatable bonds is 7. The Morgan fingerprint density at radius 1 is 1.00 bits per heavy atom. The number of hydrogen-bond acceptors (Lipinski definition) is 5. The maximum atomic E-state index is 10.9. The van der Waals surface area contributed by atoms with Crippen LogP contribution in [0.1, 0.15) is 32.1 Å². The van der Waals surface area contributed by atoms with Crippen LogP contribution in [0.2, 0.25) is 0 Å². The van der Waals surface area contributed by atoms with Crippen molar-refractivity contribution >= 4 is 28.6 Å². The number of ether oxygens (including phenoxy) is 1. The molecule has 3 N–H and O–H groups in total. The van der Waals surface area contributed by atoms with Crippen molar-refractivity contribution in [3.8, 4) is 17.0 Å². The van der Waals surface area contributed by atoms with Crippen molar-refractivity contribution in [1.82, 2.24) is 15.0 Å². The van der Waals surface area contributed by atoms with Gasteiger partial charge in [-0.25, -0.2) is 9.97 Å². The summed E-state index contributed by atoms with van der Waals surface area (Å²) in [7, 11) is 0. The minimum Gasteiger partial charge on any atom is -0.481 e. The normalized spacial score (nSPS) is 18.2. The molecule has 7 heteroatoms. The lowest BCUT2D eigenvalue weighted by atomic mass is 9.85. The van der Waals surface area contributed by atoms with Crippen LogP contribution >= 0.6 is 0 Å². The van der Waals surface area contributed by atoms with Gasteiger partial charge in [-0.1, -0.05) is 24.3 Å². The van der Waals surface area contributed by atoms with E-state index in [0.29, 0.717) is 11.8 Å². The van der Waals surface area contributed by atoms with Gasteiger partial charge in [0, 0.05) is 29.9 Å². The number of aliphatic carboxylic acids is 1. The summed E-state index contributed by atoms with van der Waals surface area (Å²) in [6, 6.07) is 20.0. The molecule has 0 atom stereocenters. The van der Waals surface area contributed by atoms with E-state index in [2.05, 4.69) is 20.3 Å². The van der Waals surface area contributed by atoms with Crippen molar-refractivity contribution in [2.75, 3.05) is 5.32 Å². The van der Waals surface area contributed by atoms with Crippen molar-refractivity contribution in [2.24, 2.45) is 5.92 Å². The molecule has 1 fully saturated rings. The maximum absolute atomic E-state index is 10.9. The van der Waals surface area contributed by atoms with Gasteiger partial charge < -0.3 is 20.1 Å². The lowest BCUT2D eigenvalue weighted by molar-refractivity contribution is -0.138. The van der Waals surface area contributed by atoms with Crippen LogP contribution in [0.4, 0.5) is 11.6 Å². The monoisotopic (exact) mass is 442 g/mol. The number of nitrogens with one attached hydrogen (secondary N) is 2. The first-order valence-electron chi connectivity index (χ1n) is 11.3. The molecule has 5 rings (SSSR count). The summed E-state index contributed by atoms with van der Waals surface area (Å²) in [4.78, 5) is 23.2. The van der Waals surface area contributed by atoms with Crippen LogP contribution in [0, 0.1) is 5.92 Å². The summed E-state index contributed by atoms with van der Waals surface area (Å²) in [6.07, 6.45) is 5.73. The number of carbonyl (C=O) groups is 1. The van der Waals surface area contributed by atoms with Crippen LogP contribution in [0.5, 0.6) is 5.88 Å². The number of anilines is 2. The van der Waals surface area contributed by atoms with Crippen molar-refractivity contribution in [1.29, 1.82) is 0 Å². The van der Waals surface area contributed by atoms with Crippen LogP contribution in [-0.4, -0.2) is 32.1 Å². The Bertz CT molecular complexity index is 1190. The van der Waals surface area contributed by atoms with E-state index in [0.717, 1.165) is 53.5 Å². The van der Waals surface area contributed by atoms with Crippen LogP contribution < -0.4 is 10.1 Å². The molecule has 2 heterocycles. The highest BCUT2D eigenvalue weighted by atomic mass is 16.5. The molecule has 0 radical (unpaired) electrons. The average molecular weight is 443 g/mol. The van der Waals surface area contributed by atoms with Crippen LogP contribution in [0.3, 0.4) is 0 Å². The van der Waals surface area contributed by atoms with E-state index < -0.39 is 5.97 Å². The van der Waals surface area contributed by atoms with Gasteiger partial charge in [0.1, 0.15) is 6.10 Å². The van der Waals surface area contributed by atoms with Crippen molar-refractivity contribution in [2.45, 2.75) is 38.2 Å². The van der Waals surface area contributed by atoms with E-state index in [1.165, 1.54) is 0 Å². The molecule has 168 valence electrons. The molecule has 2 aromatic carbocycles. The highest BCUT2D eigenvalue weighted by Gasteiger charge is 2.24. The first-order valence-corrected chi connectivity index (χ1v) is 11.3. The minimum absolute atomic E-state index is 0.108. The number of imidazole rings is 1. The highest BCUT2D eigenvalue weighted by Crippen LogP contribution is 2.30. The minimum atomic E-state index is -0.713. The smallest absolute Gasteiger partial charge is 0.303 e. The standard InChI is InChI=1S/C26H26N4O3/c31-25(32)15-17-5-12-21(13-6-17)33-24-14-9-19(16-27-24)18-7-10-20(11-8-18)28-26-29-22-3-1-2-4-23(22)30-26/h1-4,7-11,14,16-17,21H,5-6,12-13,15H2,(H,31,32)(H2,28,29,30). The number of hydrogen-bond donors (Lipinski definition) is 3. The highest BCUT2D eigenvalue weighted by molar-refractivity contribution is 5.78. The van der Waals surface area contributed by atoms with E-state index in [9.17, 15) is 4.79 Å². The molecular weight excluding hydrogens is 416 g/mol. The fourth-order valence-electron chi connectivity index (χ4n) is 4.39. The van der Waals surface area contributed by atoms with Crippen LogP contribution in [0.25, 0.3) is 22.2 Å². The third-order valence-electron chi connectivity index (χ3n) is 6.15. The number of aromatic nitrogens is 3. The Morgan fingerprint density at radius 2 is 1.76 bits per heavy atom. The molecule has 4 aromatic rings. The molecule has 0 bridgehead atoms. The molecule has 0 amide bonds. The fraction of sp³-hybridized carbons (Fsp3) is 0.269. The second kappa shape index (κ2) is 9.32.